The van der Waals surface area contributed by atoms with Gasteiger partial charge in [0, 0.05) is 0 Å². The van der Waals surface area contributed by atoms with Crippen LogP contribution in [0.4, 0.5) is 0 Å². The van der Waals surface area contributed by atoms with Crippen molar-refractivity contribution in [3.8, 4) is 5.75 Å². The Kier molecular flexibility index (Phi) is 6.24. The van der Waals surface area contributed by atoms with E-state index >= 15 is 0 Å². The van der Waals surface area contributed by atoms with E-state index in [0.29, 0.717) is 0 Å². The Morgan fingerprint density at radius 3 is 2.16 bits per heavy atom. The lowest BCUT2D eigenvalue weighted by molar-refractivity contribution is -0.128. The number of hydrogen-bond donors (Lipinski definition) is 1. The van der Waals surface area contributed by atoms with E-state index in [2.05, 4.69) is 50.4 Å². The van der Waals surface area contributed by atoms with Gasteiger partial charge in [-0.25, -0.2) is 0 Å². The van der Waals surface area contributed by atoms with E-state index in [0.717, 1.165) is 17.7 Å². The van der Waals surface area contributed by atoms with Crippen LogP contribution in [0.25, 0.3) is 0 Å². The van der Waals surface area contributed by atoms with Gasteiger partial charge in [0.25, 0.3) is 5.91 Å². The van der Waals surface area contributed by atoms with Crippen LogP contribution in [0.1, 0.15) is 54.1 Å². The normalized spacial score (nSPS) is 13.2. The molecule has 1 amide bonds. The number of benzene rings is 2. The van der Waals surface area contributed by atoms with Gasteiger partial charge in [0.15, 0.2) is 6.10 Å². The van der Waals surface area contributed by atoms with Crippen molar-refractivity contribution >= 4 is 5.91 Å². The number of nitrogens with one attached hydrogen (secondary N) is 1. The molecule has 2 rings (SSSR count). The third-order valence-electron chi connectivity index (χ3n) is 4.53. The summed E-state index contributed by atoms with van der Waals surface area (Å²) in [6.45, 7) is 12.1. The van der Waals surface area contributed by atoms with E-state index in [-0.39, 0.29) is 11.9 Å². The first-order chi connectivity index (χ1) is 11.8. The molecular formula is C22H29NO2. The monoisotopic (exact) mass is 339 g/mol. The summed E-state index contributed by atoms with van der Waals surface area (Å²) in [5.41, 5.74) is 5.83. The number of hydrogen-bond acceptors (Lipinski definition) is 2. The molecule has 2 aromatic carbocycles. The summed E-state index contributed by atoms with van der Waals surface area (Å²) in [7, 11) is 0. The van der Waals surface area contributed by atoms with Crippen LogP contribution in [0.15, 0.2) is 36.4 Å². The van der Waals surface area contributed by atoms with Gasteiger partial charge in [0.2, 0.25) is 0 Å². The lowest BCUT2D eigenvalue weighted by atomic mass is 9.97. The first kappa shape index (κ1) is 19.0. The van der Waals surface area contributed by atoms with E-state index < -0.39 is 6.10 Å². The van der Waals surface area contributed by atoms with Crippen LogP contribution >= 0.6 is 0 Å². The van der Waals surface area contributed by atoms with Crippen molar-refractivity contribution in [3.63, 3.8) is 0 Å². The summed E-state index contributed by atoms with van der Waals surface area (Å²) >= 11 is 0. The minimum absolute atomic E-state index is 0.00161. The van der Waals surface area contributed by atoms with Gasteiger partial charge in [-0.15, -0.1) is 0 Å². The quantitative estimate of drug-likeness (QED) is 0.808. The molecule has 0 fully saturated rings. The molecule has 2 aromatic rings. The molecule has 25 heavy (non-hydrogen) atoms. The maximum atomic E-state index is 12.6. The molecule has 0 saturated heterocycles. The fraction of sp³-hybridized carbons (Fsp3) is 0.409. The van der Waals surface area contributed by atoms with E-state index in [1.54, 1.807) is 6.92 Å². The highest BCUT2D eigenvalue weighted by Crippen LogP contribution is 2.23. The van der Waals surface area contributed by atoms with Crippen LogP contribution in [0.3, 0.4) is 0 Å². The van der Waals surface area contributed by atoms with E-state index in [1.165, 1.54) is 22.3 Å². The molecule has 3 heteroatoms. The smallest absolute Gasteiger partial charge is 0.261 e. The van der Waals surface area contributed by atoms with Crippen LogP contribution in [0.5, 0.6) is 5.75 Å². The fourth-order valence-corrected chi connectivity index (χ4v) is 3.08. The molecule has 0 heterocycles. The molecule has 0 radical (unpaired) electrons. The van der Waals surface area contributed by atoms with E-state index in [9.17, 15) is 4.79 Å². The van der Waals surface area contributed by atoms with Gasteiger partial charge in [-0.1, -0.05) is 48.4 Å². The maximum Gasteiger partial charge on any atom is 0.261 e. The largest absolute Gasteiger partial charge is 0.481 e. The molecule has 0 aliphatic rings. The van der Waals surface area contributed by atoms with Crippen LogP contribution in [0, 0.1) is 27.7 Å². The summed E-state index contributed by atoms with van der Waals surface area (Å²) in [6, 6.07) is 12.3. The van der Waals surface area contributed by atoms with Crippen molar-refractivity contribution in [1.82, 2.24) is 5.32 Å². The second kappa shape index (κ2) is 8.19. The van der Waals surface area contributed by atoms with E-state index in [1.807, 2.05) is 26.0 Å². The zero-order chi connectivity index (χ0) is 18.6. The Hall–Kier alpha value is -2.29. The Labute approximate surface area is 151 Å². The number of rotatable bonds is 6. The third kappa shape index (κ3) is 4.85. The Balaban J connectivity index is 2.08. The molecule has 2 unspecified atom stereocenters. The number of carbonyl (C=O) groups is 1. The molecule has 3 nitrogen and oxygen atoms in total. The average molecular weight is 339 g/mol. The zero-order valence-corrected chi connectivity index (χ0v) is 16.1. The van der Waals surface area contributed by atoms with Crippen LogP contribution < -0.4 is 10.1 Å². The Bertz CT molecular complexity index is 752. The molecule has 0 spiro atoms. The molecule has 0 aliphatic carbocycles. The lowest BCUT2D eigenvalue weighted by Crippen LogP contribution is -2.38. The number of carbonyl (C=O) groups excluding carboxylic acids is 1. The third-order valence-corrected chi connectivity index (χ3v) is 4.53. The van der Waals surface area contributed by atoms with Crippen LogP contribution in [-0.2, 0) is 4.79 Å². The van der Waals surface area contributed by atoms with Crippen LogP contribution in [0.2, 0.25) is 0 Å². The SMILES string of the molecule is CCC(NC(=O)C(C)Oc1ccc(C)cc1C)c1ccc(C)cc1C. The second-order valence-electron chi connectivity index (χ2n) is 6.86. The summed E-state index contributed by atoms with van der Waals surface area (Å²) in [5.74, 6) is 0.666. The van der Waals surface area contributed by atoms with Gasteiger partial charge < -0.3 is 10.1 Å². The van der Waals surface area contributed by atoms with Gasteiger partial charge in [0.1, 0.15) is 5.75 Å². The predicted octanol–water partition coefficient (Wildman–Crippen LogP) is 4.96. The van der Waals surface area contributed by atoms with Gasteiger partial charge in [-0.2, -0.15) is 0 Å². The first-order valence-electron chi connectivity index (χ1n) is 8.93. The predicted molar refractivity (Wildman–Crippen MR) is 103 cm³/mol. The number of ether oxygens (including phenoxy) is 1. The molecule has 1 N–H and O–H groups in total. The summed E-state index contributed by atoms with van der Waals surface area (Å²) < 4.78 is 5.88. The zero-order valence-electron chi connectivity index (χ0n) is 16.1. The summed E-state index contributed by atoms with van der Waals surface area (Å²) in [5, 5.41) is 3.13. The maximum absolute atomic E-state index is 12.6. The van der Waals surface area contributed by atoms with Crippen molar-refractivity contribution in [3.05, 3.63) is 64.2 Å². The van der Waals surface area contributed by atoms with E-state index in [4.69, 9.17) is 4.74 Å². The molecule has 2 atom stereocenters. The standard InChI is InChI=1S/C22H29NO2/c1-7-20(19-10-8-14(2)12-16(19)4)23-22(24)18(6)25-21-11-9-15(3)13-17(21)5/h8-13,18,20H,7H2,1-6H3,(H,23,24). The van der Waals surface area contributed by atoms with Crippen molar-refractivity contribution in [2.24, 2.45) is 0 Å². The van der Waals surface area contributed by atoms with Gasteiger partial charge in [-0.3, -0.25) is 4.79 Å². The van der Waals surface area contributed by atoms with Crippen molar-refractivity contribution in [2.45, 2.75) is 60.1 Å². The highest BCUT2D eigenvalue weighted by Gasteiger charge is 2.20. The molecule has 0 bridgehead atoms. The number of amides is 1. The highest BCUT2D eigenvalue weighted by molar-refractivity contribution is 5.81. The number of aryl methyl sites for hydroxylation is 4. The second-order valence-corrected chi connectivity index (χ2v) is 6.86. The van der Waals surface area contributed by atoms with Gasteiger partial charge in [-0.05, 0) is 63.8 Å². The Morgan fingerprint density at radius 2 is 1.60 bits per heavy atom. The molecule has 134 valence electrons. The van der Waals surface area contributed by atoms with Crippen molar-refractivity contribution < 1.29 is 9.53 Å². The lowest BCUT2D eigenvalue weighted by Gasteiger charge is -2.23. The van der Waals surface area contributed by atoms with Crippen molar-refractivity contribution in [2.75, 3.05) is 0 Å². The highest BCUT2D eigenvalue weighted by atomic mass is 16.5. The average Bonchev–Trinajstić information content (AvgIpc) is 2.55. The molecular weight excluding hydrogens is 310 g/mol. The minimum Gasteiger partial charge on any atom is -0.481 e. The van der Waals surface area contributed by atoms with Gasteiger partial charge >= 0.3 is 0 Å². The summed E-state index contributed by atoms with van der Waals surface area (Å²) in [4.78, 5) is 12.6. The Morgan fingerprint density at radius 1 is 1.00 bits per heavy atom. The van der Waals surface area contributed by atoms with Crippen LogP contribution in [-0.4, -0.2) is 12.0 Å². The summed E-state index contributed by atoms with van der Waals surface area (Å²) in [6.07, 6.45) is 0.299. The first-order valence-corrected chi connectivity index (χ1v) is 8.93. The van der Waals surface area contributed by atoms with Crippen molar-refractivity contribution in [1.29, 1.82) is 0 Å². The molecule has 0 aromatic heterocycles. The molecule has 0 aliphatic heterocycles. The fourth-order valence-electron chi connectivity index (χ4n) is 3.08. The van der Waals surface area contributed by atoms with Gasteiger partial charge in [0.05, 0.1) is 6.04 Å². The topological polar surface area (TPSA) is 38.3 Å². The molecule has 0 saturated carbocycles. The minimum atomic E-state index is -0.541.